The highest BCUT2D eigenvalue weighted by Crippen LogP contribution is 2.20. The standard InChI is InChI=1S/C7H13N3OS/c1-10(2)7-9-6(4-12-7)5(8)3-11/h4-5,11H,3,8H2,1-2H3. The van der Waals surface area contributed by atoms with Crippen molar-refractivity contribution < 1.29 is 5.11 Å². The smallest absolute Gasteiger partial charge is 0.185 e. The van der Waals surface area contributed by atoms with E-state index in [2.05, 4.69) is 4.98 Å². The van der Waals surface area contributed by atoms with Crippen LogP contribution in [0.25, 0.3) is 0 Å². The average Bonchev–Trinajstić information content (AvgIpc) is 2.51. The summed E-state index contributed by atoms with van der Waals surface area (Å²) < 4.78 is 0. The molecular formula is C7H13N3OS. The maximum absolute atomic E-state index is 8.76. The molecule has 0 aliphatic carbocycles. The van der Waals surface area contributed by atoms with Crippen molar-refractivity contribution >= 4 is 16.5 Å². The molecular weight excluding hydrogens is 174 g/mol. The molecule has 1 heterocycles. The van der Waals surface area contributed by atoms with Crippen LogP contribution >= 0.6 is 11.3 Å². The Hall–Kier alpha value is -0.650. The van der Waals surface area contributed by atoms with Crippen LogP contribution in [0.2, 0.25) is 0 Å². The lowest BCUT2D eigenvalue weighted by Gasteiger charge is -2.06. The van der Waals surface area contributed by atoms with Gasteiger partial charge in [-0.1, -0.05) is 0 Å². The summed E-state index contributed by atoms with van der Waals surface area (Å²) in [7, 11) is 3.85. The summed E-state index contributed by atoms with van der Waals surface area (Å²) in [6, 6.07) is -0.352. The maximum atomic E-state index is 8.76. The van der Waals surface area contributed by atoms with Gasteiger partial charge in [0.1, 0.15) is 0 Å². The highest BCUT2D eigenvalue weighted by molar-refractivity contribution is 7.13. The van der Waals surface area contributed by atoms with Gasteiger partial charge in [-0.25, -0.2) is 4.98 Å². The van der Waals surface area contributed by atoms with E-state index in [0.717, 1.165) is 10.8 Å². The Morgan fingerprint density at radius 3 is 2.83 bits per heavy atom. The molecule has 0 amide bonds. The largest absolute Gasteiger partial charge is 0.394 e. The van der Waals surface area contributed by atoms with Crippen LogP contribution in [0.15, 0.2) is 5.38 Å². The molecule has 0 aromatic carbocycles. The van der Waals surface area contributed by atoms with E-state index in [0.29, 0.717) is 0 Å². The lowest BCUT2D eigenvalue weighted by Crippen LogP contribution is -2.15. The van der Waals surface area contributed by atoms with E-state index in [-0.39, 0.29) is 12.6 Å². The minimum atomic E-state index is -0.352. The fraction of sp³-hybridized carbons (Fsp3) is 0.571. The second-order valence-electron chi connectivity index (χ2n) is 2.74. The number of aliphatic hydroxyl groups is 1. The number of hydrogen-bond acceptors (Lipinski definition) is 5. The zero-order chi connectivity index (χ0) is 9.14. The number of aromatic nitrogens is 1. The minimum absolute atomic E-state index is 0.0589. The van der Waals surface area contributed by atoms with Gasteiger partial charge in [-0.3, -0.25) is 0 Å². The average molecular weight is 187 g/mol. The molecule has 1 aromatic heterocycles. The number of aliphatic hydroxyl groups excluding tert-OH is 1. The van der Waals surface area contributed by atoms with E-state index >= 15 is 0 Å². The number of nitrogens with two attached hydrogens (primary N) is 1. The molecule has 0 fully saturated rings. The first-order valence-corrected chi connectivity index (χ1v) is 4.52. The first kappa shape index (κ1) is 9.44. The molecule has 0 radical (unpaired) electrons. The highest BCUT2D eigenvalue weighted by Gasteiger charge is 2.09. The molecule has 0 spiro atoms. The number of rotatable bonds is 3. The quantitative estimate of drug-likeness (QED) is 0.709. The molecule has 1 atom stereocenters. The van der Waals surface area contributed by atoms with Crippen molar-refractivity contribution in [3.63, 3.8) is 0 Å². The third kappa shape index (κ3) is 1.94. The summed E-state index contributed by atoms with van der Waals surface area (Å²) in [5.41, 5.74) is 6.34. The van der Waals surface area contributed by atoms with Crippen LogP contribution in [0, 0.1) is 0 Å². The Bertz CT molecular complexity index is 249. The fourth-order valence-electron chi connectivity index (χ4n) is 0.745. The monoisotopic (exact) mass is 187 g/mol. The topological polar surface area (TPSA) is 62.4 Å². The van der Waals surface area contributed by atoms with Crippen LogP contribution < -0.4 is 10.6 Å². The van der Waals surface area contributed by atoms with Gasteiger partial charge in [-0.05, 0) is 0 Å². The lowest BCUT2D eigenvalue weighted by atomic mass is 10.3. The second-order valence-corrected chi connectivity index (χ2v) is 3.57. The van der Waals surface area contributed by atoms with Crippen molar-refractivity contribution in [2.75, 3.05) is 25.6 Å². The highest BCUT2D eigenvalue weighted by atomic mass is 32.1. The SMILES string of the molecule is CN(C)c1nc(C(N)CO)cs1. The van der Waals surface area contributed by atoms with Gasteiger partial charge in [-0.15, -0.1) is 11.3 Å². The van der Waals surface area contributed by atoms with E-state index in [4.69, 9.17) is 10.8 Å². The molecule has 1 unspecified atom stereocenters. The second kappa shape index (κ2) is 3.84. The van der Waals surface area contributed by atoms with Crippen molar-refractivity contribution in [2.24, 2.45) is 5.73 Å². The van der Waals surface area contributed by atoms with Gasteiger partial charge >= 0.3 is 0 Å². The molecule has 3 N–H and O–H groups in total. The van der Waals surface area contributed by atoms with Crippen LogP contribution in [0.5, 0.6) is 0 Å². The van der Waals surface area contributed by atoms with Gasteiger partial charge in [0.2, 0.25) is 0 Å². The Kier molecular flexibility index (Phi) is 3.02. The molecule has 0 bridgehead atoms. The van der Waals surface area contributed by atoms with Crippen LogP contribution in [0.1, 0.15) is 11.7 Å². The van der Waals surface area contributed by atoms with Crippen LogP contribution in [0.4, 0.5) is 5.13 Å². The molecule has 0 saturated heterocycles. The Morgan fingerprint density at radius 2 is 2.42 bits per heavy atom. The van der Waals surface area contributed by atoms with Crippen LogP contribution in [-0.4, -0.2) is 30.8 Å². The third-order valence-electron chi connectivity index (χ3n) is 1.47. The van der Waals surface area contributed by atoms with Crippen molar-refractivity contribution in [3.05, 3.63) is 11.1 Å². The molecule has 0 aliphatic rings. The Balaban J connectivity index is 2.77. The van der Waals surface area contributed by atoms with Gasteiger partial charge in [0, 0.05) is 19.5 Å². The van der Waals surface area contributed by atoms with Gasteiger partial charge < -0.3 is 15.7 Å². The van der Waals surface area contributed by atoms with E-state index in [9.17, 15) is 0 Å². The predicted octanol–water partition coefficient (Wildman–Crippen LogP) is 0.201. The van der Waals surface area contributed by atoms with Crippen molar-refractivity contribution in [1.29, 1.82) is 0 Å². The van der Waals surface area contributed by atoms with Gasteiger partial charge in [-0.2, -0.15) is 0 Å². The molecule has 1 rings (SSSR count). The van der Waals surface area contributed by atoms with Crippen LogP contribution in [-0.2, 0) is 0 Å². The number of thiazole rings is 1. The van der Waals surface area contributed by atoms with Gasteiger partial charge in [0.15, 0.2) is 5.13 Å². The normalized spacial score (nSPS) is 13.0. The van der Waals surface area contributed by atoms with E-state index in [1.807, 2.05) is 24.4 Å². The molecule has 0 saturated carbocycles. The summed E-state index contributed by atoms with van der Waals surface area (Å²) in [6.45, 7) is -0.0589. The third-order valence-corrected chi connectivity index (χ3v) is 2.50. The Morgan fingerprint density at radius 1 is 1.75 bits per heavy atom. The summed E-state index contributed by atoms with van der Waals surface area (Å²) in [5, 5.41) is 11.5. The van der Waals surface area contributed by atoms with E-state index in [1.165, 1.54) is 11.3 Å². The van der Waals surface area contributed by atoms with Gasteiger partial charge in [0.25, 0.3) is 0 Å². The first-order valence-electron chi connectivity index (χ1n) is 3.64. The molecule has 4 nitrogen and oxygen atoms in total. The van der Waals surface area contributed by atoms with E-state index < -0.39 is 0 Å². The summed E-state index contributed by atoms with van der Waals surface area (Å²) in [4.78, 5) is 6.15. The molecule has 68 valence electrons. The molecule has 0 aliphatic heterocycles. The number of anilines is 1. The lowest BCUT2D eigenvalue weighted by molar-refractivity contribution is 0.266. The van der Waals surface area contributed by atoms with E-state index in [1.54, 1.807) is 0 Å². The van der Waals surface area contributed by atoms with Gasteiger partial charge in [0.05, 0.1) is 18.3 Å². The first-order chi connectivity index (χ1) is 5.65. The summed E-state index contributed by atoms with van der Waals surface area (Å²) in [5.74, 6) is 0. The molecule has 12 heavy (non-hydrogen) atoms. The predicted molar refractivity (Wildman–Crippen MR) is 50.5 cm³/mol. The number of hydrogen-bond donors (Lipinski definition) is 2. The molecule has 1 aromatic rings. The Labute approximate surface area is 75.6 Å². The summed E-state index contributed by atoms with van der Waals surface area (Å²) in [6.07, 6.45) is 0. The fourth-order valence-corrected chi connectivity index (χ4v) is 1.57. The van der Waals surface area contributed by atoms with Crippen molar-refractivity contribution in [3.8, 4) is 0 Å². The van der Waals surface area contributed by atoms with Crippen molar-refractivity contribution in [2.45, 2.75) is 6.04 Å². The zero-order valence-electron chi connectivity index (χ0n) is 7.19. The van der Waals surface area contributed by atoms with Crippen LogP contribution in [0.3, 0.4) is 0 Å². The number of nitrogens with zero attached hydrogens (tertiary/aromatic N) is 2. The van der Waals surface area contributed by atoms with Crippen molar-refractivity contribution in [1.82, 2.24) is 4.98 Å². The zero-order valence-corrected chi connectivity index (χ0v) is 8.01. The minimum Gasteiger partial charge on any atom is -0.394 e. The molecule has 5 heteroatoms. The summed E-state index contributed by atoms with van der Waals surface area (Å²) >= 11 is 1.53. The maximum Gasteiger partial charge on any atom is 0.185 e.